The Morgan fingerprint density at radius 1 is 1.38 bits per heavy atom. The number of benzene rings is 1. The molecule has 1 aromatic rings. The third-order valence-corrected chi connectivity index (χ3v) is 5.57. The molecule has 2 N–H and O–H groups in total. The monoisotopic (exact) mass is 358 g/mol. The number of carboxylic acids is 1. The highest BCUT2D eigenvalue weighted by atomic mass is 32.2. The minimum atomic E-state index is -3.74. The number of carbonyl (C=O) groups is 1. The summed E-state index contributed by atoms with van der Waals surface area (Å²) in [7, 11) is -3.74. The summed E-state index contributed by atoms with van der Waals surface area (Å²) in [6.45, 7) is 2.22. The summed E-state index contributed by atoms with van der Waals surface area (Å²) < 4.78 is 40.5. The van der Waals surface area contributed by atoms with Crippen molar-refractivity contribution in [3.63, 3.8) is 0 Å². The van der Waals surface area contributed by atoms with E-state index in [0.29, 0.717) is 13.0 Å². The summed E-state index contributed by atoms with van der Waals surface area (Å²) in [6, 6.07) is 4.75. The molecule has 2 rings (SSSR count). The molecule has 1 aliphatic rings. The van der Waals surface area contributed by atoms with Gasteiger partial charge in [0, 0.05) is 19.0 Å². The second-order valence-corrected chi connectivity index (χ2v) is 7.78. The number of nitrogens with one attached hydrogen (secondary N) is 1. The summed E-state index contributed by atoms with van der Waals surface area (Å²) in [5, 5.41) is 8.63. The van der Waals surface area contributed by atoms with Gasteiger partial charge >= 0.3 is 5.97 Å². The highest BCUT2D eigenvalue weighted by Crippen LogP contribution is 2.16. The first-order chi connectivity index (χ1) is 11.4. The SMILES string of the molecule is O=C(O)CCCCN1CCCC(NS(=O)(=O)c2cccc(F)c2)C1. The Hall–Kier alpha value is -1.51. The summed E-state index contributed by atoms with van der Waals surface area (Å²) in [4.78, 5) is 12.6. The van der Waals surface area contributed by atoms with Crippen LogP contribution in [-0.2, 0) is 14.8 Å². The topological polar surface area (TPSA) is 86.7 Å². The van der Waals surface area contributed by atoms with Crippen LogP contribution < -0.4 is 4.72 Å². The molecule has 0 saturated carbocycles. The molecular weight excluding hydrogens is 335 g/mol. The van der Waals surface area contributed by atoms with E-state index in [1.165, 1.54) is 18.2 Å². The molecule has 6 nitrogen and oxygen atoms in total. The molecule has 1 fully saturated rings. The Balaban J connectivity index is 1.87. The molecule has 8 heteroatoms. The van der Waals surface area contributed by atoms with Gasteiger partial charge in [-0.05, 0) is 57.0 Å². The second kappa shape index (κ2) is 8.55. The van der Waals surface area contributed by atoms with Crippen molar-refractivity contribution >= 4 is 16.0 Å². The van der Waals surface area contributed by atoms with Crippen molar-refractivity contribution in [3.8, 4) is 0 Å². The molecule has 0 amide bonds. The summed E-state index contributed by atoms with van der Waals surface area (Å²) in [5.74, 6) is -1.38. The van der Waals surface area contributed by atoms with Crippen LogP contribution in [0.3, 0.4) is 0 Å². The van der Waals surface area contributed by atoms with Crippen molar-refractivity contribution < 1.29 is 22.7 Å². The van der Waals surface area contributed by atoms with Gasteiger partial charge in [0.15, 0.2) is 0 Å². The smallest absolute Gasteiger partial charge is 0.303 e. The maximum absolute atomic E-state index is 13.2. The van der Waals surface area contributed by atoms with Gasteiger partial charge in [0.05, 0.1) is 4.90 Å². The Labute approximate surface area is 141 Å². The van der Waals surface area contributed by atoms with Crippen LogP contribution in [0.4, 0.5) is 4.39 Å². The van der Waals surface area contributed by atoms with Crippen LogP contribution in [0, 0.1) is 5.82 Å². The van der Waals surface area contributed by atoms with Crippen LogP contribution in [0.15, 0.2) is 29.2 Å². The van der Waals surface area contributed by atoms with Crippen LogP contribution in [0.2, 0.25) is 0 Å². The number of rotatable bonds is 8. The third-order valence-electron chi connectivity index (χ3n) is 4.05. The summed E-state index contributed by atoms with van der Waals surface area (Å²) >= 11 is 0. The Bertz CT molecular complexity index is 666. The highest BCUT2D eigenvalue weighted by molar-refractivity contribution is 7.89. The van der Waals surface area contributed by atoms with Crippen molar-refractivity contribution in [2.24, 2.45) is 0 Å². The minimum Gasteiger partial charge on any atom is -0.481 e. The molecule has 1 heterocycles. The highest BCUT2D eigenvalue weighted by Gasteiger charge is 2.25. The molecule has 1 atom stereocenters. The zero-order valence-corrected chi connectivity index (χ0v) is 14.3. The zero-order chi connectivity index (χ0) is 17.6. The van der Waals surface area contributed by atoms with Crippen LogP contribution >= 0.6 is 0 Å². The average molecular weight is 358 g/mol. The van der Waals surface area contributed by atoms with E-state index >= 15 is 0 Å². The first kappa shape index (κ1) is 18.8. The molecule has 0 bridgehead atoms. The number of halogens is 1. The van der Waals surface area contributed by atoms with E-state index in [2.05, 4.69) is 9.62 Å². The molecule has 1 aromatic carbocycles. The fourth-order valence-electron chi connectivity index (χ4n) is 2.89. The van der Waals surface area contributed by atoms with Gasteiger partial charge in [-0.25, -0.2) is 17.5 Å². The van der Waals surface area contributed by atoms with E-state index in [1.807, 2.05) is 0 Å². The number of likely N-dealkylation sites (tertiary alicyclic amines) is 1. The van der Waals surface area contributed by atoms with Gasteiger partial charge < -0.3 is 10.0 Å². The fraction of sp³-hybridized carbons (Fsp3) is 0.562. The summed E-state index contributed by atoms with van der Waals surface area (Å²) in [5.41, 5.74) is 0. The lowest BCUT2D eigenvalue weighted by atomic mass is 10.1. The van der Waals surface area contributed by atoms with E-state index in [4.69, 9.17) is 5.11 Å². The second-order valence-electron chi connectivity index (χ2n) is 6.07. The number of hydrogen-bond donors (Lipinski definition) is 2. The van der Waals surface area contributed by atoms with Crippen molar-refractivity contribution in [3.05, 3.63) is 30.1 Å². The molecule has 134 valence electrons. The van der Waals surface area contributed by atoms with Crippen LogP contribution in [0.25, 0.3) is 0 Å². The lowest BCUT2D eigenvalue weighted by molar-refractivity contribution is -0.137. The Morgan fingerprint density at radius 2 is 2.17 bits per heavy atom. The van der Waals surface area contributed by atoms with Crippen LogP contribution in [0.1, 0.15) is 32.1 Å². The van der Waals surface area contributed by atoms with E-state index < -0.39 is 21.8 Å². The molecule has 24 heavy (non-hydrogen) atoms. The van der Waals surface area contributed by atoms with Gasteiger partial charge in [0.25, 0.3) is 0 Å². The quantitative estimate of drug-likeness (QED) is 0.692. The van der Waals surface area contributed by atoms with E-state index in [0.717, 1.165) is 38.4 Å². The average Bonchev–Trinajstić information content (AvgIpc) is 2.51. The number of sulfonamides is 1. The van der Waals surface area contributed by atoms with Crippen molar-refractivity contribution in [2.45, 2.75) is 43.0 Å². The Morgan fingerprint density at radius 3 is 2.88 bits per heavy atom. The van der Waals surface area contributed by atoms with Crippen LogP contribution in [0.5, 0.6) is 0 Å². The van der Waals surface area contributed by atoms with Gasteiger partial charge in [-0.1, -0.05) is 6.07 Å². The molecular formula is C16H23FN2O4S. The standard InChI is InChI=1S/C16H23FN2O4S/c17-13-5-3-7-15(11-13)24(22,23)18-14-6-4-10-19(12-14)9-2-1-8-16(20)21/h3,5,7,11,14,18H,1-2,4,6,8-10,12H2,(H,20,21). The molecule has 1 aliphatic heterocycles. The predicted octanol–water partition coefficient (Wildman–Crippen LogP) is 1.82. The maximum Gasteiger partial charge on any atom is 0.303 e. The third kappa shape index (κ3) is 5.85. The van der Waals surface area contributed by atoms with Crippen molar-refractivity contribution in [2.75, 3.05) is 19.6 Å². The van der Waals surface area contributed by atoms with Gasteiger partial charge in [-0.3, -0.25) is 4.79 Å². The lowest BCUT2D eigenvalue weighted by Gasteiger charge is -2.32. The van der Waals surface area contributed by atoms with Crippen LogP contribution in [-0.4, -0.2) is 50.1 Å². The number of aliphatic carboxylic acids is 1. The number of carboxylic acid groups (broad SMARTS) is 1. The molecule has 1 unspecified atom stereocenters. The molecule has 0 aliphatic carbocycles. The van der Waals surface area contributed by atoms with Crippen molar-refractivity contribution in [1.29, 1.82) is 0 Å². The van der Waals surface area contributed by atoms with Gasteiger partial charge in [0.1, 0.15) is 5.82 Å². The normalized spacial score (nSPS) is 19.3. The van der Waals surface area contributed by atoms with Gasteiger partial charge in [0.2, 0.25) is 10.0 Å². The number of nitrogens with zero attached hydrogens (tertiary/aromatic N) is 1. The van der Waals surface area contributed by atoms with Gasteiger partial charge in [-0.15, -0.1) is 0 Å². The predicted molar refractivity (Wildman–Crippen MR) is 87.7 cm³/mol. The largest absolute Gasteiger partial charge is 0.481 e. The van der Waals surface area contributed by atoms with E-state index in [1.54, 1.807) is 0 Å². The minimum absolute atomic E-state index is 0.0684. The molecule has 1 saturated heterocycles. The first-order valence-electron chi connectivity index (χ1n) is 8.09. The Kier molecular flexibility index (Phi) is 6.70. The number of unbranched alkanes of at least 4 members (excludes halogenated alkanes) is 1. The number of hydrogen-bond acceptors (Lipinski definition) is 4. The molecule has 0 aromatic heterocycles. The molecule has 0 spiro atoms. The summed E-state index contributed by atoms with van der Waals surface area (Å²) in [6.07, 6.45) is 3.15. The maximum atomic E-state index is 13.2. The fourth-order valence-corrected chi connectivity index (χ4v) is 4.18. The van der Waals surface area contributed by atoms with E-state index in [9.17, 15) is 17.6 Å². The van der Waals surface area contributed by atoms with E-state index in [-0.39, 0.29) is 17.4 Å². The zero-order valence-electron chi connectivity index (χ0n) is 13.4. The molecule has 0 radical (unpaired) electrons. The van der Waals surface area contributed by atoms with Gasteiger partial charge in [-0.2, -0.15) is 0 Å². The first-order valence-corrected chi connectivity index (χ1v) is 9.57. The van der Waals surface area contributed by atoms with Crippen molar-refractivity contribution in [1.82, 2.24) is 9.62 Å². The number of piperidine rings is 1. The lowest BCUT2D eigenvalue weighted by Crippen LogP contribution is -2.47.